The van der Waals surface area contributed by atoms with Crippen molar-refractivity contribution < 1.29 is 90.9 Å². The number of esters is 1. The Labute approximate surface area is 641 Å². The van der Waals surface area contributed by atoms with Crippen LogP contribution in [0.5, 0.6) is 5.75 Å². The molecule has 1 aliphatic carbocycles. The van der Waals surface area contributed by atoms with Gasteiger partial charge in [-0.2, -0.15) is 0 Å². The molecule has 4 bridgehead atoms. The third-order valence-electron chi connectivity index (χ3n) is 20.9. The van der Waals surface area contributed by atoms with Gasteiger partial charge in [0.15, 0.2) is 5.72 Å². The Morgan fingerprint density at radius 1 is 0.789 bits per heavy atom. The van der Waals surface area contributed by atoms with E-state index in [1.54, 1.807) is 57.2 Å². The minimum Gasteiger partial charge on any atom is -0.495 e. The number of hydrazine groups is 1. The molecule has 9 rings (SSSR count). The minimum absolute atomic E-state index is 0.00449. The number of fused-ring (bicyclic) bond motifs is 9. The average Bonchev–Trinajstić information content (AvgIpc) is 1.57. The number of methoxy groups -OCH3 is 5. The fraction of sp³-hybridized carbons (Fsp3) is 0.506. The molecule has 0 radical (unpaired) electrons. The molecule has 29 nitrogen and oxygen atoms in total. The van der Waals surface area contributed by atoms with Gasteiger partial charge in [-0.25, -0.2) is 24.4 Å². The largest absolute Gasteiger partial charge is 0.495 e. The van der Waals surface area contributed by atoms with E-state index in [1.807, 2.05) is 72.2 Å². The lowest BCUT2D eigenvalue weighted by Gasteiger charge is -2.42. The first-order chi connectivity index (χ1) is 52.1. The Bertz CT molecular complexity index is 4130. The normalized spacial score (nSPS) is 21.4. The standard InChI is InChI=1S/C79H103ClN10O19/c1-50-21-20-28-65(105-13)79(100)44-64(107-76(98)82-79)51(2)74-78(4,109-74)66(43-69(93)85(7)62-40-53(39-50)41-63(104-12)73(62)80)108-75(97)52(3)84(6)68(92)30-31-87(33-36-101-9)71(95)47-89(35-38-103-11)72(96)48-88(34-37-102-10)70(94)45-81-67(91)29-32-90-55(42-54-22-14-19-27-61(54)90)46-83(5)86(8)77(99)106-49-60-58-25-17-15-23-56(58)57-24-16-18-26-59(57)60/h14-28,40-42,51-52,60,64-66,74,100H,29-39,43-49H2,1-13H3,(H,81,91)(H,82,98)/b28-20+,50-21+/t51-,52+,64+,65-,66+,74?,78+,79+/m1/s1. The highest BCUT2D eigenvalue weighted by Crippen LogP contribution is 2.50. The number of aromatic nitrogens is 1. The smallest absolute Gasteiger partial charge is 0.424 e. The number of hydrogen-bond donors (Lipinski definition) is 3. The molecule has 2 fully saturated rings. The molecular weight excluding hydrogens is 1430 g/mol. The number of likely N-dealkylation sites (N-methyl/N-ethyl adjacent to an activating group) is 1. The number of rotatable bonds is 31. The Hall–Kier alpha value is -9.46. The average molecular weight is 1530 g/mol. The Kier molecular flexibility index (Phi) is 29.0. The SMILES string of the molecule is COCCN(CCC(=O)N(C)[C@@H](C)C(=O)O[C@H]1CC(=O)N(C)c2cc(cc(OC)c2Cl)C/C(C)=C/C=C/[C@@H](OC)[C@@]2(O)C[C@H](OC(=O)N2)[C@@H](C)C2O[C@]21C)C(=O)CN(CCOC)C(=O)CN(CCOC)C(=O)CNC(=O)CCn1c(CN(C)N(C)C(=O)OCC2c3ccccc3-c3ccccc32)cc2ccccc21. The predicted octanol–water partition coefficient (Wildman–Crippen LogP) is 6.72. The number of nitrogens with one attached hydrogen (secondary N) is 2. The molecule has 4 heterocycles. The highest BCUT2D eigenvalue weighted by molar-refractivity contribution is 6.35. The molecule has 1 aromatic heterocycles. The van der Waals surface area contributed by atoms with Gasteiger partial charge in [-0.1, -0.05) is 109 Å². The number of carbonyl (C=O) groups is 9. The molecule has 109 heavy (non-hydrogen) atoms. The quantitative estimate of drug-likeness (QED) is 0.0179. The monoisotopic (exact) mass is 1530 g/mol. The first kappa shape index (κ1) is 83.6. The number of nitrogens with zero attached hydrogens (tertiary/aromatic N) is 8. The van der Waals surface area contributed by atoms with Gasteiger partial charge in [-0.05, 0) is 84.7 Å². The van der Waals surface area contributed by atoms with Crippen molar-refractivity contribution in [2.75, 3.05) is 141 Å². The van der Waals surface area contributed by atoms with Crippen LogP contribution in [0, 0.1) is 5.92 Å². The lowest BCUT2D eigenvalue weighted by atomic mass is 9.83. The summed E-state index contributed by atoms with van der Waals surface area (Å²) in [6.45, 7) is 5.72. The molecule has 3 aliphatic heterocycles. The fourth-order valence-corrected chi connectivity index (χ4v) is 14.4. The molecule has 5 aromatic rings. The van der Waals surface area contributed by atoms with Crippen molar-refractivity contribution in [1.82, 2.24) is 44.8 Å². The number of alkyl carbamates (subject to hydrolysis) is 1. The van der Waals surface area contributed by atoms with Crippen molar-refractivity contribution in [3.05, 3.63) is 142 Å². The van der Waals surface area contributed by atoms with Crippen molar-refractivity contribution in [3.8, 4) is 16.9 Å². The lowest BCUT2D eigenvalue weighted by Crippen LogP contribution is -2.63. The van der Waals surface area contributed by atoms with Crippen LogP contribution in [0.25, 0.3) is 22.0 Å². The van der Waals surface area contributed by atoms with Gasteiger partial charge in [0.2, 0.25) is 35.4 Å². The molecule has 2 saturated heterocycles. The van der Waals surface area contributed by atoms with Gasteiger partial charge >= 0.3 is 18.2 Å². The zero-order valence-corrected chi connectivity index (χ0v) is 65.2. The van der Waals surface area contributed by atoms with E-state index in [0.29, 0.717) is 17.9 Å². The Morgan fingerprint density at radius 2 is 1.40 bits per heavy atom. The van der Waals surface area contributed by atoms with E-state index in [-0.39, 0.29) is 95.9 Å². The van der Waals surface area contributed by atoms with E-state index in [9.17, 15) is 48.3 Å². The van der Waals surface area contributed by atoms with Crippen molar-refractivity contribution in [3.63, 3.8) is 0 Å². The molecule has 3 N–H and O–H groups in total. The summed E-state index contributed by atoms with van der Waals surface area (Å²) in [6.07, 6.45) is -0.949. The molecule has 4 aromatic carbocycles. The maximum absolute atomic E-state index is 14.6. The zero-order valence-electron chi connectivity index (χ0n) is 64.4. The number of epoxide rings is 1. The lowest BCUT2D eigenvalue weighted by molar-refractivity contribution is -0.162. The van der Waals surface area contributed by atoms with Gasteiger partial charge in [-0.15, -0.1) is 0 Å². The third-order valence-corrected chi connectivity index (χ3v) is 21.3. The third kappa shape index (κ3) is 20.3. The second-order valence-electron chi connectivity index (χ2n) is 28.2. The van der Waals surface area contributed by atoms with Crippen LogP contribution >= 0.6 is 11.6 Å². The number of hydrogen-bond acceptors (Lipinski definition) is 20. The van der Waals surface area contributed by atoms with E-state index in [4.69, 9.17) is 54.2 Å². The molecule has 0 saturated carbocycles. The Morgan fingerprint density at radius 3 is 2.05 bits per heavy atom. The van der Waals surface area contributed by atoms with Crippen LogP contribution in [0.4, 0.5) is 15.3 Å². The number of amides is 8. The maximum Gasteiger partial charge on any atom is 0.424 e. The number of aryl methyl sites for hydroxylation is 1. The summed E-state index contributed by atoms with van der Waals surface area (Å²) < 4.78 is 53.7. The Balaban J connectivity index is 0.808. The predicted molar refractivity (Wildman–Crippen MR) is 405 cm³/mol. The fourth-order valence-electron chi connectivity index (χ4n) is 14.1. The number of benzene rings is 4. The number of halogens is 1. The number of allylic oxidation sites excluding steroid dienone is 3. The topological polar surface area (TPSA) is 312 Å². The van der Waals surface area contributed by atoms with Crippen LogP contribution in [-0.4, -0.2) is 271 Å². The highest BCUT2D eigenvalue weighted by atomic mass is 35.5. The van der Waals surface area contributed by atoms with Crippen molar-refractivity contribution in [2.24, 2.45) is 5.92 Å². The summed E-state index contributed by atoms with van der Waals surface area (Å²) in [6, 6.07) is 28.2. The van der Waals surface area contributed by atoms with Gasteiger partial charge in [0.25, 0.3) is 0 Å². The molecule has 8 atom stereocenters. The number of ether oxygens (including phenoxy) is 9. The molecule has 0 spiro atoms. The van der Waals surface area contributed by atoms with Crippen LogP contribution in [0.2, 0.25) is 5.02 Å². The first-order valence-electron chi connectivity index (χ1n) is 36.4. The second kappa shape index (κ2) is 37.8. The summed E-state index contributed by atoms with van der Waals surface area (Å²) in [4.78, 5) is 133. The van der Waals surface area contributed by atoms with Crippen molar-refractivity contribution in [1.29, 1.82) is 0 Å². The molecule has 4 aliphatic rings. The number of para-hydroxylation sites is 1. The van der Waals surface area contributed by atoms with Gasteiger partial charge < -0.3 is 82.1 Å². The van der Waals surface area contributed by atoms with E-state index in [2.05, 4.69) is 34.9 Å². The van der Waals surface area contributed by atoms with Gasteiger partial charge in [0.05, 0.1) is 71.3 Å². The number of anilines is 1. The van der Waals surface area contributed by atoms with Gasteiger partial charge in [0.1, 0.15) is 47.3 Å². The van der Waals surface area contributed by atoms with Crippen LogP contribution in [0.3, 0.4) is 0 Å². The summed E-state index contributed by atoms with van der Waals surface area (Å²) in [5.74, 6) is -4.73. The number of aliphatic hydroxyl groups is 1. The zero-order chi connectivity index (χ0) is 79.0. The summed E-state index contributed by atoms with van der Waals surface area (Å²) in [7, 11) is 13.5. The molecule has 8 amide bonds. The van der Waals surface area contributed by atoms with Crippen LogP contribution < -0.4 is 20.3 Å². The van der Waals surface area contributed by atoms with E-state index in [1.165, 1.54) is 81.2 Å². The van der Waals surface area contributed by atoms with E-state index in [0.717, 1.165) is 54.9 Å². The summed E-state index contributed by atoms with van der Waals surface area (Å²) in [5, 5.41) is 21.5. The van der Waals surface area contributed by atoms with E-state index >= 15 is 0 Å². The summed E-state index contributed by atoms with van der Waals surface area (Å²) >= 11 is 6.89. The molecule has 1 unspecified atom stereocenters. The maximum atomic E-state index is 14.6. The first-order valence-corrected chi connectivity index (χ1v) is 36.7. The molecule has 590 valence electrons. The van der Waals surface area contributed by atoms with Gasteiger partial charge in [0, 0.05) is 132 Å². The van der Waals surface area contributed by atoms with E-state index < -0.39 is 127 Å². The van der Waals surface area contributed by atoms with Crippen molar-refractivity contribution in [2.45, 2.75) is 121 Å². The molecular formula is C79H103ClN10O19. The summed E-state index contributed by atoms with van der Waals surface area (Å²) in [5.41, 5.74) is 4.71. The minimum atomic E-state index is -1.93. The van der Waals surface area contributed by atoms with Crippen LogP contribution in [-0.2, 0) is 91.0 Å². The second-order valence-corrected chi connectivity index (χ2v) is 28.5. The van der Waals surface area contributed by atoms with Crippen LogP contribution in [0.15, 0.2) is 115 Å². The molecule has 30 heteroatoms. The number of carbonyl (C=O) groups excluding carboxylic acids is 9. The van der Waals surface area contributed by atoms with Crippen molar-refractivity contribution >= 4 is 81.8 Å². The van der Waals surface area contributed by atoms with Gasteiger partial charge in [-0.3, -0.25) is 34.1 Å². The highest BCUT2D eigenvalue weighted by Gasteiger charge is 2.64. The van der Waals surface area contributed by atoms with Crippen LogP contribution in [0.1, 0.15) is 81.7 Å².